The highest BCUT2D eigenvalue weighted by molar-refractivity contribution is 7.80. The summed E-state index contributed by atoms with van der Waals surface area (Å²) in [6, 6.07) is 10.2. The number of benzene rings is 1. The number of aryl methyl sites for hydroxylation is 1. The van der Waals surface area contributed by atoms with Crippen LogP contribution in [0.1, 0.15) is 29.5 Å². The molecule has 1 unspecified atom stereocenters. The minimum atomic E-state index is -0.0322. The standard InChI is InChI=1S/C12H14N2OS/c1-2-11-13-14-12(15-11)10(16)8-9-6-4-3-5-7-9/h3-7,10,16H,2,8H2,1H3. The third-order valence-corrected chi connectivity index (χ3v) is 2.75. The van der Waals surface area contributed by atoms with E-state index in [4.69, 9.17) is 4.42 Å². The van der Waals surface area contributed by atoms with E-state index < -0.39 is 0 Å². The Balaban J connectivity index is 2.05. The largest absolute Gasteiger partial charge is 0.424 e. The molecule has 0 saturated carbocycles. The number of rotatable bonds is 4. The smallest absolute Gasteiger partial charge is 0.229 e. The Morgan fingerprint density at radius 3 is 2.62 bits per heavy atom. The van der Waals surface area contributed by atoms with E-state index in [2.05, 4.69) is 35.0 Å². The number of thiol groups is 1. The summed E-state index contributed by atoms with van der Waals surface area (Å²) < 4.78 is 5.47. The lowest BCUT2D eigenvalue weighted by atomic mass is 10.1. The van der Waals surface area contributed by atoms with E-state index in [1.54, 1.807) is 0 Å². The van der Waals surface area contributed by atoms with Crippen LogP contribution in [0, 0.1) is 0 Å². The van der Waals surface area contributed by atoms with Gasteiger partial charge in [-0.1, -0.05) is 37.3 Å². The third kappa shape index (κ3) is 2.64. The Kier molecular flexibility index (Phi) is 3.62. The molecule has 1 aromatic carbocycles. The van der Waals surface area contributed by atoms with Crippen LogP contribution in [0.4, 0.5) is 0 Å². The van der Waals surface area contributed by atoms with Gasteiger partial charge in [0.25, 0.3) is 0 Å². The fourth-order valence-electron chi connectivity index (χ4n) is 1.47. The Bertz CT molecular complexity index is 441. The van der Waals surface area contributed by atoms with Crippen LogP contribution in [0.15, 0.2) is 34.7 Å². The number of aromatic nitrogens is 2. The second-order valence-electron chi connectivity index (χ2n) is 3.59. The normalized spacial score (nSPS) is 12.6. The number of hydrogen-bond donors (Lipinski definition) is 1. The lowest BCUT2D eigenvalue weighted by Gasteiger charge is -2.05. The molecule has 16 heavy (non-hydrogen) atoms. The molecule has 0 aliphatic carbocycles. The van der Waals surface area contributed by atoms with Crippen LogP contribution in [-0.2, 0) is 12.8 Å². The fourth-order valence-corrected chi connectivity index (χ4v) is 1.78. The maximum atomic E-state index is 5.47. The zero-order valence-electron chi connectivity index (χ0n) is 9.13. The Labute approximate surface area is 100 Å². The Hall–Kier alpha value is -1.29. The van der Waals surface area contributed by atoms with Crippen molar-refractivity contribution in [2.24, 2.45) is 0 Å². The van der Waals surface area contributed by atoms with E-state index in [0.717, 1.165) is 12.8 Å². The lowest BCUT2D eigenvalue weighted by molar-refractivity contribution is 0.451. The maximum absolute atomic E-state index is 5.47. The van der Waals surface area contributed by atoms with Gasteiger partial charge in [0.05, 0.1) is 5.25 Å². The SMILES string of the molecule is CCc1nnc(C(S)Cc2ccccc2)o1. The van der Waals surface area contributed by atoms with Gasteiger partial charge >= 0.3 is 0 Å². The minimum Gasteiger partial charge on any atom is -0.424 e. The topological polar surface area (TPSA) is 38.9 Å². The van der Waals surface area contributed by atoms with Gasteiger partial charge in [-0.3, -0.25) is 0 Å². The van der Waals surface area contributed by atoms with Crippen molar-refractivity contribution in [3.63, 3.8) is 0 Å². The molecular weight excluding hydrogens is 220 g/mol. The van der Waals surface area contributed by atoms with Gasteiger partial charge in [-0.05, 0) is 12.0 Å². The molecule has 1 heterocycles. The molecule has 0 radical (unpaired) electrons. The molecule has 0 spiro atoms. The monoisotopic (exact) mass is 234 g/mol. The second-order valence-corrected chi connectivity index (χ2v) is 4.22. The van der Waals surface area contributed by atoms with Crippen molar-refractivity contribution in [1.82, 2.24) is 10.2 Å². The van der Waals surface area contributed by atoms with Crippen LogP contribution in [0.5, 0.6) is 0 Å². The van der Waals surface area contributed by atoms with Crippen LogP contribution in [0.3, 0.4) is 0 Å². The summed E-state index contributed by atoms with van der Waals surface area (Å²) in [6.07, 6.45) is 1.56. The average Bonchev–Trinajstić information content (AvgIpc) is 2.79. The molecule has 1 aromatic heterocycles. The summed E-state index contributed by atoms with van der Waals surface area (Å²) in [7, 11) is 0. The van der Waals surface area contributed by atoms with Crippen molar-refractivity contribution in [1.29, 1.82) is 0 Å². The van der Waals surface area contributed by atoms with Crippen molar-refractivity contribution >= 4 is 12.6 Å². The molecule has 0 bridgehead atoms. The lowest BCUT2D eigenvalue weighted by Crippen LogP contribution is -1.96. The summed E-state index contributed by atoms with van der Waals surface area (Å²) in [5.41, 5.74) is 1.22. The first-order valence-corrected chi connectivity index (χ1v) is 5.85. The highest BCUT2D eigenvalue weighted by atomic mass is 32.1. The molecule has 0 fully saturated rings. The van der Waals surface area contributed by atoms with Crippen molar-refractivity contribution in [3.8, 4) is 0 Å². The molecule has 0 amide bonds. The van der Waals surface area contributed by atoms with E-state index in [-0.39, 0.29) is 5.25 Å². The van der Waals surface area contributed by atoms with Crippen molar-refractivity contribution < 1.29 is 4.42 Å². The Morgan fingerprint density at radius 2 is 2.00 bits per heavy atom. The Morgan fingerprint density at radius 1 is 1.25 bits per heavy atom. The van der Waals surface area contributed by atoms with E-state index in [9.17, 15) is 0 Å². The zero-order chi connectivity index (χ0) is 11.4. The van der Waals surface area contributed by atoms with Gasteiger partial charge in [-0.25, -0.2) is 0 Å². The van der Waals surface area contributed by atoms with Gasteiger partial charge in [0.15, 0.2) is 0 Å². The van der Waals surface area contributed by atoms with E-state index in [0.29, 0.717) is 11.8 Å². The van der Waals surface area contributed by atoms with Crippen molar-refractivity contribution in [2.45, 2.75) is 25.0 Å². The number of nitrogens with zero attached hydrogens (tertiary/aromatic N) is 2. The molecular formula is C12H14N2OS. The van der Waals surface area contributed by atoms with Crippen LogP contribution >= 0.6 is 12.6 Å². The first-order chi connectivity index (χ1) is 7.79. The summed E-state index contributed by atoms with van der Waals surface area (Å²) in [4.78, 5) is 0. The molecule has 3 nitrogen and oxygen atoms in total. The second kappa shape index (κ2) is 5.16. The average molecular weight is 234 g/mol. The van der Waals surface area contributed by atoms with Gasteiger partial charge in [0.2, 0.25) is 11.8 Å². The van der Waals surface area contributed by atoms with Gasteiger partial charge in [0, 0.05) is 6.42 Å². The van der Waals surface area contributed by atoms with Gasteiger partial charge in [-0.2, -0.15) is 12.6 Å². The third-order valence-electron chi connectivity index (χ3n) is 2.34. The summed E-state index contributed by atoms with van der Waals surface area (Å²) in [5.74, 6) is 1.27. The predicted molar refractivity (Wildman–Crippen MR) is 65.5 cm³/mol. The van der Waals surface area contributed by atoms with Crippen LogP contribution in [-0.4, -0.2) is 10.2 Å². The van der Waals surface area contributed by atoms with Crippen LogP contribution < -0.4 is 0 Å². The van der Waals surface area contributed by atoms with E-state index in [1.165, 1.54) is 5.56 Å². The van der Waals surface area contributed by atoms with E-state index in [1.807, 2.05) is 25.1 Å². The molecule has 0 saturated heterocycles. The number of hydrogen-bond acceptors (Lipinski definition) is 4. The predicted octanol–water partition coefficient (Wildman–Crippen LogP) is 2.85. The summed E-state index contributed by atoms with van der Waals surface area (Å²) in [5, 5.41) is 7.89. The summed E-state index contributed by atoms with van der Waals surface area (Å²) in [6.45, 7) is 1.99. The molecule has 0 N–H and O–H groups in total. The summed E-state index contributed by atoms with van der Waals surface area (Å²) >= 11 is 4.49. The fraction of sp³-hybridized carbons (Fsp3) is 0.333. The van der Waals surface area contributed by atoms with Gasteiger partial charge < -0.3 is 4.42 Å². The molecule has 4 heteroatoms. The molecule has 0 aliphatic rings. The minimum absolute atomic E-state index is 0.0322. The van der Waals surface area contributed by atoms with Crippen molar-refractivity contribution in [3.05, 3.63) is 47.7 Å². The van der Waals surface area contributed by atoms with Crippen molar-refractivity contribution in [2.75, 3.05) is 0 Å². The highest BCUT2D eigenvalue weighted by Crippen LogP contribution is 2.23. The quantitative estimate of drug-likeness (QED) is 0.827. The highest BCUT2D eigenvalue weighted by Gasteiger charge is 2.14. The first kappa shape index (κ1) is 11.2. The first-order valence-electron chi connectivity index (χ1n) is 5.34. The van der Waals surface area contributed by atoms with Gasteiger partial charge in [-0.15, -0.1) is 10.2 Å². The molecule has 2 rings (SSSR count). The molecule has 84 valence electrons. The molecule has 0 aliphatic heterocycles. The van der Waals surface area contributed by atoms with Crippen LogP contribution in [0.25, 0.3) is 0 Å². The van der Waals surface area contributed by atoms with Gasteiger partial charge in [0.1, 0.15) is 0 Å². The van der Waals surface area contributed by atoms with Crippen LogP contribution in [0.2, 0.25) is 0 Å². The maximum Gasteiger partial charge on any atom is 0.229 e. The van der Waals surface area contributed by atoms with E-state index >= 15 is 0 Å². The molecule has 1 atom stereocenters. The zero-order valence-corrected chi connectivity index (χ0v) is 10.0. The molecule has 2 aromatic rings.